The molecular weight excluding hydrogens is 372 g/mol. The van der Waals surface area contributed by atoms with Crippen molar-refractivity contribution in [3.05, 3.63) is 28.2 Å². The molecule has 0 atom stereocenters. The molecule has 3 amide bonds. The first-order chi connectivity index (χ1) is 10.9. The second kappa shape index (κ2) is 8.79. The lowest BCUT2D eigenvalue weighted by Crippen LogP contribution is -2.39. The highest BCUT2D eigenvalue weighted by molar-refractivity contribution is 9.10. The number of ether oxygens (including phenoxy) is 2. The summed E-state index contributed by atoms with van der Waals surface area (Å²) in [7, 11) is 2.75. The van der Waals surface area contributed by atoms with Gasteiger partial charge in [0.1, 0.15) is 0 Å². The molecule has 0 aromatic heterocycles. The second-order valence-electron chi connectivity index (χ2n) is 4.12. The van der Waals surface area contributed by atoms with E-state index in [9.17, 15) is 19.5 Å². The molecule has 0 bridgehead atoms. The number of aromatic hydroxyl groups is 1. The molecule has 3 N–H and O–H groups in total. The fourth-order valence-corrected chi connectivity index (χ4v) is 1.88. The number of imide groups is 1. The summed E-state index contributed by atoms with van der Waals surface area (Å²) in [5, 5.41) is 13.8. The summed E-state index contributed by atoms with van der Waals surface area (Å²) in [5.41, 5.74) is 0.568. The van der Waals surface area contributed by atoms with Gasteiger partial charge in [0.05, 0.1) is 11.6 Å². The van der Waals surface area contributed by atoms with E-state index in [0.29, 0.717) is 10.0 Å². The molecule has 23 heavy (non-hydrogen) atoms. The number of rotatable bonds is 5. The number of urea groups is 1. The van der Waals surface area contributed by atoms with Crippen LogP contribution in [0.15, 0.2) is 22.7 Å². The number of methoxy groups -OCH3 is 1. The van der Waals surface area contributed by atoms with Crippen LogP contribution in [0.3, 0.4) is 0 Å². The Labute approximate surface area is 140 Å². The molecule has 0 heterocycles. The minimum Gasteiger partial charge on any atom is -0.503 e. The number of hydrogen-bond donors (Lipinski definition) is 3. The first kappa shape index (κ1) is 18.5. The molecule has 1 aromatic carbocycles. The summed E-state index contributed by atoms with van der Waals surface area (Å²) in [4.78, 5) is 33.6. The predicted octanol–water partition coefficient (Wildman–Crippen LogP) is 1.18. The molecule has 0 aliphatic rings. The number of halogens is 1. The molecular formula is C14H15BrN2O6. The number of phenols is 1. The summed E-state index contributed by atoms with van der Waals surface area (Å²) >= 11 is 3.15. The van der Waals surface area contributed by atoms with E-state index in [4.69, 9.17) is 4.74 Å². The van der Waals surface area contributed by atoms with E-state index in [1.54, 1.807) is 6.07 Å². The standard InChI is InChI=1S/C14H15BrN2O6/c1-16-14(21)17-11(18)7-23-12(19)4-3-8-5-9(15)13(20)10(6-8)22-2/h3-6,20H,7H2,1-2H3,(H2,16,17,18,21)/b4-3+. The Hall–Kier alpha value is -2.55. The molecule has 0 saturated heterocycles. The minimum absolute atomic E-state index is 0.0573. The van der Waals surface area contributed by atoms with E-state index >= 15 is 0 Å². The molecule has 1 rings (SSSR count). The number of phenolic OH excluding ortho intramolecular Hbond substituents is 1. The third kappa shape index (κ3) is 5.99. The van der Waals surface area contributed by atoms with Crippen molar-refractivity contribution in [3.8, 4) is 11.5 Å². The maximum atomic E-state index is 11.5. The molecule has 0 aliphatic carbocycles. The molecule has 9 heteroatoms. The summed E-state index contributed by atoms with van der Waals surface area (Å²) in [5.74, 6) is -1.34. The SMILES string of the molecule is CNC(=O)NC(=O)COC(=O)/C=C/c1cc(Br)c(O)c(OC)c1. The highest BCUT2D eigenvalue weighted by atomic mass is 79.9. The predicted molar refractivity (Wildman–Crippen MR) is 85.0 cm³/mol. The van der Waals surface area contributed by atoms with Crippen LogP contribution in [-0.4, -0.2) is 43.8 Å². The number of nitrogens with one attached hydrogen (secondary N) is 2. The van der Waals surface area contributed by atoms with Crippen molar-refractivity contribution in [2.24, 2.45) is 0 Å². The molecule has 8 nitrogen and oxygen atoms in total. The van der Waals surface area contributed by atoms with Crippen molar-refractivity contribution < 1.29 is 29.0 Å². The zero-order chi connectivity index (χ0) is 17.4. The van der Waals surface area contributed by atoms with Crippen LogP contribution in [0.1, 0.15) is 5.56 Å². The monoisotopic (exact) mass is 386 g/mol. The molecule has 1 aromatic rings. The third-order valence-electron chi connectivity index (χ3n) is 2.51. The van der Waals surface area contributed by atoms with Gasteiger partial charge in [-0.3, -0.25) is 10.1 Å². The Balaban J connectivity index is 2.60. The van der Waals surface area contributed by atoms with Gasteiger partial charge in [-0.05, 0) is 39.7 Å². The molecule has 0 saturated carbocycles. The molecule has 0 unspecified atom stereocenters. The number of esters is 1. The lowest BCUT2D eigenvalue weighted by Gasteiger charge is -2.06. The van der Waals surface area contributed by atoms with Crippen molar-refractivity contribution in [3.63, 3.8) is 0 Å². The number of amides is 3. The van der Waals surface area contributed by atoms with Crippen LogP contribution in [-0.2, 0) is 14.3 Å². The molecule has 0 aliphatic heterocycles. The van der Waals surface area contributed by atoms with E-state index in [0.717, 1.165) is 6.08 Å². The van der Waals surface area contributed by atoms with E-state index in [2.05, 4.69) is 26.0 Å². The molecule has 124 valence electrons. The number of carbonyl (C=O) groups is 3. The summed E-state index contributed by atoms with van der Waals surface area (Å²) in [6.07, 6.45) is 2.52. The lowest BCUT2D eigenvalue weighted by molar-refractivity contribution is -0.143. The zero-order valence-corrected chi connectivity index (χ0v) is 14.0. The van der Waals surface area contributed by atoms with Crippen molar-refractivity contribution >= 4 is 39.9 Å². The highest BCUT2D eigenvalue weighted by Gasteiger charge is 2.09. The fourth-order valence-electron chi connectivity index (χ4n) is 1.42. The van der Waals surface area contributed by atoms with Gasteiger partial charge in [-0.15, -0.1) is 0 Å². The maximum absolute atomic E-state index is 11.5. The largest absolute Gasteiger partial charge is 0.503 e. The van der Waals surface area contributed by atoms with E-state index in [1.807, 2.05) is 5.32 Å². The summed E-state index contributed by atoms with van der Waals surface area (Å²) in [6, 6.07) is 2.39. The second-order valence-corrected chi connectivity index (χ2v) is 4.98. The topological polar surface area (TPSA) is 114 Å². The van der Waals surface area contributed by atoms with Crippen molar-refractivity contribution in [1.29, 1.82) is 0 Å². The van der Waals surface area contributed by atoms with Gasteiger partial charge in [-0.1, -0.05) is 0 Å². The molecule has 0 radical (unpaired) electrons. The van der Waals surface area contributed by atoms with Crippen LogP contribution in [0.2, 0.25) is 0 Å². The summed E-state index contributed by atoms with van der Waals surface area (Å²) in [6.45, 7) is -0.584. The average Bonchev–Trinajstić information content (AvgIpc) is 2.53. The Morgan fingerprint density at radius 2 is 2.04 bits per heavy atom. The van der Waals surface area contributed by atoms with Gasteiger partial charge in [0.25, 0.3) is 5.91 Å². The van der Waals surface area contributed by atoms with Crippen LogP contribution in [0.25, 0.3) is 6.08 Å². The van der Waals surface area contributed by atoms with E-state index in [1.165, 1.54) is 26.3 Å². The quantitative estimate of drug-likeness (QED) is 0.517. The van der Waals surface area contributed by atoms with E-state index < -0.39 is 24.5 Å². The van der Waals surface area contributed by atoms with E-state index in [-0.39, 0.29) is 11.5 Å². The Morgan fingerprint density at radius 1 is 1.35 bits per heavy atom. The van der Waals surface area contributed by atoms with Gasteiger partial charge in [-0.25, -0.2) is 9.59 Å². The average molecular weight is 387 g/mol. The normalized spacial score (nSPS) is 10.2. The van der Waals surface area contributed by atoms with Crippen LogP contribution < -0.4 is 15.4 Å². The van der Waals surface area contributed by atoms with Crippen LogP contribution >= 0.6 is 15.9 Å². The van der Waals surface area contributed by atoms with Gasteiger partial charge in [-0.2, -0.15) is 0 Å². The Kier molecular flexibility index (Phi) is 7.07. The molecule has 0 spiro atoms. The van der Waals surface area contributed by atoms with Gasteiger partial charge in [0.2, 0.25) is 0 Å². The van der Waals surface area contributed by atoms with Gasteiger partial charge in [0.15, 0.2) is 18.1 Å². The highest BCUT2D eigenvalue weighted by Crippen LogP contribution is 2.35. The van der Waals surface area contributed by atoms with Gasteiger partial charge < -0.3 is 19.9 Å². The minimum atomic E-state index is -0.764. The van der Waals surface area contributed by atoms with Gasteiger partial charge >= 0.3 is 12.0 Å². The first-order valence-electron chi connectivity index (χ1n) is 6.30. The van der Waals surface area contributed by atoms with Crippen molar-refractivity contribution in [2.75, 3.05) is 20.8 Å². The lowest BCUT2D eigenvalue weighted by atomic mass is 10.2. The van der Waals surface area contributed by atoms with Crippen LogP contribution in [0.4, 0.5) is 4.79 Å². The van der Waals surface area contributed by atoms with Crippen molar-refractivity contribution in [1.82, 2.24) is 10.6 Å². The Bertz CT molecular complexity index is 644. The fraction of sp³-hybridized carbons (Fsp3) is 0.214. The number of hydrogen-bond acceptors (Lipinski definition) is 6. The van der Waals surface area contributed by atoms with Crippen LogP contribution in [0.5, 0.6) is 11.5 Å². The van der Waals surface area contributed by atoms with Gasteiger partial charge in [0, 0.05) is 13.1 Å². The zero-order valence-electron chi connectivity index (χ0n) is 12.4. The third-order valence-corrected chi connectivity index (χ3v) is 3.11. The number of benzene rings is 1. The van der Waals surface area contributed by atoms with Crippen molar-refractivity contribution in [2.45, 2.75) is 0 Å². The summed E-state index contributed by atoms with van der Waals surface area (Å²) < 4.78 is 10.0. The molecule has 0 fully saturated rings. The maximum Gasteiger partial charge on any atom is 0.331 e. The first-order valence-corrected chi connectivity index (χ1v) is 7.09. The van der Waals surface area contributed by atoms with Crippen LogP contribution in [0, 0.1) is 0 Å². The Morgan fingerprint density at radius 3 is 2.65 bits per heavy atom. The smallest absolute Gasteiger partial charge is 0.331 e. The number of carbonyl (C=O) groups excluding carboxylic acids is 3.